The Morgan fingerprint density at radius 1 is 0.357 bits per heavy atom. The lowest BCUT2D eigenvalue weighted by Gasteiger charge is -2.10. The topological polar surface area (TPSA) is 179 Å². The molecule has 14 heteroatoms. The lowest BCUT2D eigenvalue weighted by atomic mass is 10.0. The monoisotopic (exact) mass is 778 g/mol. The Morgan fingerprint density at radius 2 is 0.643 bits per heavy atom. The normalized spacial score (nSPS) is 12.0. The van der Waals surface area contributed by atoms with E-state index in [-0.39, 0.29) is 11.5 Å². The zero-order valence-electron chi connectivity index (χ0n) is 28.8. The predicted molar refractivity (Wildman–Crippen MR) is 214 cm³/mol. The molecule has 4 aromatic heterocycles. The molecule has 0 spiro atoms. The van der Waals surface area contributed by atoms with E-state index < -0.39 is 20.8 Å². The third kappa shape index (κ3) is 7.08. The second-order valence-corrected chi connectivity index (χ2v) is 14.9. The molecule has 12 nitrogen and oxygen atoms in total. The van der Waals surface area contributed by atoms with Gasteiger partial charge in [0.15, 0.2) is 0 Å². The third-order valence-electron chi connectivity index (χ3n) is 9.20. The van der Waals surface area contributed by atoms with E-state index >= 15 is 0 Å². The van der Waals surface area contributed by atoms with Crippen LogP contribution in [0, 0.1) is 0 Å². The summed E-state index contributed by atoms with van der Waals surface area (Å²) in [6, 6.07) is 44.0. The fourth-order valence-corrected chi connectivity index (χ4v) is 7.33. The molecule has 0 fully saturated rings. The number of rotatable bonds is 8. The molecule has 0 aliphatic carbocycles. The quantitative estimate of drug-likeness (QED) is 0.111. The van der Waals surface area contributed by atoms with Gasteiger partial charge in [0.05, 0.1) is 44.8 Å². The van der Waals surface area contributed by atoms with Crippen LogP contribution in [-0.4, -0.2) is 45.9 Å². The number of benzene rings is 5. The van der Waals surface area contributed by atoms with Crippen molar-refractivity contribution in [2.24, 2.45) is 0 Å². The molecule has 0 saturated carbocycles. The minimum atomic E-state index is -4.64. The SMILES string of the molecule is O=S(=O)(O)Oc1ccc(-c2ccc3ccc4ccc(-c5cccc(-c6ccc7ccc8ccc(-c9ccc(OS(=O)(=O)O)cc9)nc8c7n6)c5)nc4c3n2)cc1. The highest BCUT2D eigenvalue weighted by Crippen LogP contribution is 2.33. The van der Waals surface area contributed by atoms with E-state index in [4.69, 9.17) is 29.0 Å². The summed E-state index contributed by atoms with van der Waals surface area (Å²) in [5, 5.41) is 3.63. The molecule has 56 heavy (non-hydrogen) atoms. The summed E-state index contributed by atoms with van der Waals surface area (Å²) in [6.45, 7) is 0. The van der Waals surface area contributed by atoms with Gasteiger partial charge in [0.2, 0.25) is 0 Å². The van der Waals surface area contributed by atoms with Crippen LogP contribution in [0.25, 0.3) is 88.6 Å². The first-order valence-electron chi connectivity index (χ1n) is 17.0. The average molecular weight is 779 g/mol. The van der Waals surface area contributed by atoms with Gasteiger partial charge in [-0.2, -0.15) is 16.8 Å². The molecule has 274 valence electrons. The number of hydrogen-bond donors (Lipinski definition) is 2. The van der Waals surface area contributed by atoms with Gasteiger partial charge in [-0.15, -0.1) is 0 Å². The molecule has 0 saturated heterocycles. The van der Waals surface area contributed by atoms with E-state index in [9.17, 15) is 16.8 Å². The standard InChI is InChI=1S/C42H26N4O8S2/c47-55(48,49)53-33-16-8-25(9-17-33)35-20-12-27-4-6-29-14-22-37(45-41(29)39(27)43-35)31-2-1-3-32(24-31)38-23-15-30-7-5-28-13-21-36(44-40(28)42(30)46-38)26-10-18-34(19-11-26)54-56(50,51)52/h1-24H,(H,47,48,49)(H,50,51,52). The van der Waals surface area contributed by atoms with Crippen molar-refractivity contribution >= 4 is 64.4 Å². The van der Waals surface area contributed by atoms with Gasteiger partial charge in [-0.25, -0.2) is 19.9 Å². The van der Waals surface area contributed by atoms with Crippen LogP contribution in [0.15, 0.2) is 146 Å². The van der Waals surface area contributed by atoms with E-state index in [0.717, 1.165) is 66.2 Å². The van der Waals surface area contributed by atoms with Gasteiger partial charge in [0.1, 0.15) is 11.5 Å². The molecule has 0 aliphatic heterocycles. The van der Waals surface area contributed by atoms with Crippen LogP contribution in [0.3, 0.4) is 0 Å². The maximum absolute atomic E-state index is 11.1. The Bertz CT molecular complexity index is 3040. The van der Waals surface area contributed by atoms with Gasteiger partial charge in [-0.3, -0.25) is 9.11 Å². The highest BCUT2D eigenvalue weighted by Gasteiger charge is 2.14. The van der Waals surface area contributed by atoms with Crippen molar-refractivity contribution in [2.45, 2.75) is 0 Å². The van der Waals surface area contributed by atoms with Crippen molar-refractivity contribution in [1.82, 2.24) is 19.9 Å². The Hall–Kier alpha value is -6.84. The average Bonchev–Trinajstić information content (AvgIpc) is 3.19. The predicted octanol–water partition coefficient (Wildman–Crippen LogP) is 8.91. The summed E-state index contributed by atoms with van der Waals surface area (Å²) in [4.78, 5) is 20.1. The number of pyridine rings is 4. The summed E-state index contributed by atoms with van der Waals surface area (Å²) in [5.74, 6) is -0.0431. The van der Waals surface area contributed by atoms with Crippen LogP contribution >= 0.6 is 0 Å². The number of nitrogens with zero attached hydrogens (tertiary/aromatic N) is 4. The van der Waals surface area contributed by atoms with Crippen molar-refractivity contribution in [3.63, 3.8) is 0 Å². The summed E-state index contributed by atoms with van der Waals surface area (Å²) >= 11 is 0. The van der Waals surface area contributed by atoms with Crippen LogP contribution in [0.4, 0.5) is 0 Å². The van der Waals surface area contributed by atoms with Crippen molar-refractivity contribution in [3.05, 3.63) is 146 Å². The Morgan fingerprint density at radius 3 is 0.946 bits per heavy atom. The zero-order valence-corrected chi connectivity index (χ0v) is 30.4. The van der Waals surface area contributed by atoms with Crippen LogP contribution in [-0.2, 0) is 20.8 Å². The Balaban J connectivity index is 1.07. The molecule has 9 aromatic rings. The fourth-order valence-electron chi connectivity index (χ4n) is 6.62. The molecule has 0 bridgehead atoms. The summed E-state index contributed by atoms with van der Waals surface area (Å²) in [6.07, 6.45) is 0. The molecular formula is C42H26N4O8S2. The maximum atomic E-state index is 11.1. The van der Waals surface area contributed by atoms with Gasteiger partial charge in [-0.05, 0) is 78.9 Å². The zero-order chi connectivity index (χ0) is 38.6. The molecule has 0 amide bonds. The first kappa shape index (κ1) is 34.9. The number of fused-ring (bicyclic) bond motifs is 6. The van der Waals surface area contributed by atoms with Crippen LogP contribution in [0.2, 0.25) is 0 Å². The minimum Gasteiger partial charge on any atom is -0.362 e. The number of aromatic nitrogens is 4. The number of hydrogen-bond acceptors (Lipinski definition) is 10. The lowest BCUT2D eigenvalue weighted by Crippen LogP contribution is -2.06. The highest BCUT2D eigenvalue weighted by molar-refractivity contribution is 7.81. The van der Waals surface area contributed by atoms with Gasteiger partial charge in [-0.1, -0.05) is 66.7 Å². The van der Waals surface area contributed by atoms with E-state index in [1.54, 1.807) is 24.3 Å². The van der Waals surface area contributed by atoms with Gasteiger partial charge in [0.25, 0.3) is 0 Å². The van der Waals surface area contributed by atoms with Gasteiger partial charge in [0, 0.05) is 43.8 Å². The molecule has 0 atom stereocenters. The van der Waals surface area contributed by atoms with E-state index in [2.05, 4.69) is 8.37 Å². The molecule has 9 rings (SSSR count). The van der Waals surface area contributed by atoms with E-state index in [0.29, 0.717) is 22.4 Å². The van der Waals surface area contributed by atoms with Crippen LogP contribution in [0.5, 0.6) is 11.5 Å². The summed E-state index contributed by atoms with van der Waals surface area (Å²) in [5.41, 5.74) is 8.85. The van der Waals surface area contributed by atoms with Crippen molar-refractivity contribution < 1.29 is 34.3 Å². The Labute approximate surface area is 319 Å². The first-order valence-corrected chi connectivity index (χ1v) is 19.7. The first-order chi connectivity index (χ1) is 26.9. The van der Waals surface area contributed by atoms with Crippen molar-refractivity contribution in [2.75, 3.05) is 0 Å². The summed E-state index contributed by atoms with van der Waals surface area (Å²) < 4.78 is 71.6. The molecular weight excluding hydrogens is 753 g/mol. The van der Waals surface area contributed by atoms with E-state index in [1.807, 2.05) is 97.1 Å². The smallest absolute Gasteiger partial charge is 0.362 e. The Kier molecular flexibility index (Phi) is 8.40. The second kappa shape index (κ2) is 13.5. The molecule has 0 aliphatic rings. The summed E-state index contributed by atoms with van der Waals surface area (Å²) in [7, 11) is -9.27. The largest absolute Gasteiger partial charge is 0.446 e. The minimum absolute atomic E-state index is 0.0216. The molecule has 0 radical (unpaired) electrons. The molecule has 5 aromatic carbocycles. The van der Waals surface area contributed by atoms with Crippen molar-refractivity contribution in [3.8, 4) is 56.5 Å². The van der Waals surface area contributed by atoms with Crippen molar-refractivity contribution in [1.29, 1.82) is 0 Å². The molecule has 4 heterocycles. The molecule has 2 N–H and O–H groups in total. The maximum Gasteiger partial charge on any atom is 0.446 e. The van der Waals surface area contributed by atoms with Gasteiger partial charge < -0.3 is 8.37 Å². The fraction of sp³-hybridized carbons (Fsp3) is 0. The second-order valence-electron chi connectivity index (χ2n) is 12.9. The van der Waals surface area contributed by atoms with E-state index in [1.165, 1.54) is 24.3 Å². The van der Waals surface area contributed by atoms with Gasteiger partial charge >= 0.3 is 20.8 Å². The molecule has 0 unspecified atom stereocenters. The lowest BCUT2D eigenvalue weighted by molar-refractivity contribution is 0.384. The highest BCUT2D eigenvalue weighted by atomic mass is 32.3. The van der Waals surface area contributed by atoms with Crippen LogP contribution in [0.1, 0.15) is 0 Å². The third-order valence-corrected chi connectivity index (χ3v) is 10.0. The van der Waals surface area contributed by atoms with Crippen LogP contribution < -0.4 is 8.37 Å².